The van der Waals surface area contributed by atoms with Gasteiger partial charge in [-0.2, -0.15) is 0 Å². The van der Waals surface area contributed by atoms with Crippen molar-refractivity contribution in [1.29, 1.82) is 0 Å². The number of anilines is 3. The van der Waals surface area contributed by atoms with Gasteiger partial charge in [0.25, 0.3) is 5.91 Å². The molecule has 1 aliphatic heterocycles. The molecule has 180 valence electrons. The van der Waals surface area contributed by atoms with Gasteiger partial charge in [0.2, 0.25) is 0 Å². The van der Waals surface area contributed by atoms with Crippen molar-refractivity contribution in [2.45, 2.75) is 33.6 Å². The molecule has 35 heavy (non-hydrogen) atoms. The van der Waals surface area contributed by atoms with Gasteiger partial charge in [0.05, 0.1) is 10.3 Å². The largest absolute Gasteiger partial charge is 0.486 e. The van der Waals surface area contributed by atoms with Crippen LogP contribution in [0.4, 0.5) is 17.2 Å². The third-order valence-corrected chi connectivity index (χ3v) is 7.34. The Morgan fingerprint density at radius 1 is 1.03 bits per heavy atom. The quantitative estimate of drug-likeness (QED) is 0.359. The molecule has 8 heteroatoms. The second-order valence-corrected chi connectivity index (χ2v) is 9.95. The van der Waals surface area contributed by atoms with Crippen molar-refractivity contribution >= 4 is 44.7 Å². The fraction of sp³-hybridized carbons (Fsp3) is 0.296. The Bertz CT molecular complexity index is 1410. The van der Waals surface area contributed by atoms with Crippen LogP contribution in [0.3, 0.4) is 0 Å². The van der Waals surface area contributed by atoms with Gasteiger partial charge in [-0.05, 0) is 55.2 Å². The Labute approximate surface area is 208 Å². The maximum Gasteiger partial charge on any atom is 0.266 e. The van der Waals surface area contributed by atoms with Gasteiger partial charge in [-0.1, -0.05) is 26.0 Å². The number of nitrogens with one attached hydrogen (secondary N) is 1. The number of benzene rings is 2. The molecule has 0 radical (unpaired) electrons. The van der Waals surface area contributed by atoms with Crippen molar-refractivity contribution < 1.29 is 14.3 Å². The van der Waals surface area contributed by atoms with Gasteiger partial charge < -0.3 is 19.7 Å². The first-order valence-corrected chi connectivity index (χ1v) is 12.5. The maximum atomic E-state index is 13.3. The van der Waals surface area contributed by atoms with Gasteiger partial charge in [-0.15, -0.1) is 11.3 Å². The molecule has 4 aromatic rings. The Hall–Kier alpha value is -3.65. The zero-order valence-corrected chi connectivity index (χ0v) is 21.3. The van der Waals surface area contributed by atoms with E-state index in [9.17, 15) is 4.79 Å². The molecule has 5 rings (SSSR count). The number of thiophene rings is 1. The van der Waals surface area contributed by atoms with Crippen LogP contribution >= 0.6 is 11.3 Å². The number of aryl methyl sites for hydroxylation is 2. The number of carbonyl (C=O) groups excluding carboxylic acids is 1. The van der Waals surface area contributed by atoms with Crippen LogP contribution in [-0.2, 0) is 0 Å². The number of aromatic nitrogens is 2. The van der Waals surface area contributed by atoms with Crippen molar-refractivity contribution in [2.75, 3.05) is 30.5 Å². The summed E-state index contributed by atoms with van der Waals surface area (Å²) in [7, 11) is 2.00. The zero-order chi connectivity index (χ0) is 24.7. The molecule has 2 aromatic carbocycles. The standard InChI is InChI=1S/C27H28N4O3S/c1-15(2)18-6-9-20(10-7-18)31(5)25-23-16(3)24(35-27(23)29-17(4)28-25)26(32)30-19-8-11-21-22(14-19)34-13-12-33-21/h6-11,14-15H,12-13H2,1-5H3,(H,30,32). The Morgan fingerprint density at radius 3 is 2.46 bits per heavy atom. The molecule has 0 bridgehead atoms. The van der Waals surface area contributed by atoms with Crippen LogP contribution in [0.1, 0.15) is 46.4 Å². The molecule has 0 saturated heterocycles. The number of amides is 1. The highest BCUT2D eigenvalue weighted by Crippen LogP contribution is 2.38. The predicted molar refractivity (Wildman–Crippen MR) is 141 cm³/mol. The van der Waals surface area contributed by atoms with Gasteiger partial charge in [0.1, 0.15) is 29.7 Å². The number of hydrogen-bond donors (Lipinski definition) is 1. The third kappa shape index (κ3) is 4.41. The fourth-order valence-corrected chi connectivity index (χ4v) is 5.31. The van der Waals surface area contributed by atoms with Crippen LogP contribution < -0.4 is 19.7 Å². The third-order valence-electron chi connectivity index (χ3n) is 6.15. The number of rotatable bonds is 5. The van der Waals surface area contributed by atoms with Crippen LogP contribution in [0.15, 0.2) is 42.5 Å². The molecule has 1 aliphatic rings. The summed E-state index contributed by atoms with van der Waals surface area (Å²) < 4.78 is 11.2. The molecule has 7 nitrogen and oxygen atoms in total. The summed E-state index contributed by atoms with van der Waals surface area (Å²) in [5.74, 6) is 3.06. The Balaban J connectivity index is 1.48. The van der Waals surface area contributed by atoms with Crippen molar-refractivity contribution in [2.24, 2.45) is 0 Å². The number of ether oxygens (including phenoxy) is 2. The summed E-state index contributed by atoms with van der Waals surface area (Å²) in [4.78, 5) is 26.1. The number of hydrogen-bond acceptors (Lipinski definition) is 7. The van der Waals surface area contributed by atoms with E-state index in [4.69, 9.17) is 14.5 Å². The van der Waals surface area contributed by atoms with E-state index in [1.165, 1.54) is 16.9 Å². The Kier molecular flexibility index (Phi) is 6.06. The monoisotopic (exact) mass is 488 g/mol. The molecule has 0 spiro atoms. The van der Waals surface area contributed by atoms with Crippen molar-refractivity contribution in [1.82, 2.24) is 9.97 Å². The molecule has 2 aromatic heterocycles. The van der Waals surface area contributed by atoms with E-state index in [0.717, 1.165) is 27.3 Å². The fourth-order valence-electron chi connectivity index (χ4n) is 4.19. The van der Waals surface area contributed by atoms with E-state index in [1.54, 1.807) is 6.07 Å². The van der Waals surface area contributed by atoms with Crippen LogP contribution in [0.2, 0.25) is 0 Å². The number of nitrogens with zero attached hydrogens (tertiary/aromatic N) is 3. The second kappa shape index (κ2) is 9.19. The lowest BCUT2D eigenvalue weighted by atomic mass is 10.0. The van der Waals surface area contributed by atoms with E-state index in [2.05, 4.69) is 53.3 Å². The van der Waals surface area contributed by atoms with Crippen LogP contribution in [-0.4, -0.2) is 36.1 Å². The summed E-state index contributed by atoms with van der Waals surface area (Å²) in [5, 5.41) is 3.89. The summed E-state index contributed by atoms with van der Waals surface area (Å²) in [6.45, 7) is 9.22. The number of carbonyl (C=O) groups is 1. The minimum Gasteiger partial charge on any atom is -0.486 e. The highest BCUT2D eigenvalue weighted by atomic mass is 32.1. The maximum absolute atomic E-state index is 13.3. The van der Waals surface area contributed by atoms with E-state index >= 15 is 0 Å². The minimum absolute atomic E-state index is 0.185. The zero-order valence-electron chi connectivity index (χ0n) is 20.5. The normalized spacial score (nSPS) is 12.7. The molecule has 0 aliphatic carbocycles. The minimum atomic E-state index is -0.185. The average Bonchev–Trinajstić information content (AvgIpc) is 3.19. The lowest BCUT2D eigenvalue weighted by molar-refractivity contribution is 0.103. The molecule has 1 amide bonds. The van der Waals surface area contributed by atoms with E-state index in [-0.39, 0.29) is 5.91 Å². The van der Waals surface area contributed by atoms with Crippen molar-refractivity contribution in [3.05, 3.63) is 64.3 Å². The van der Waals surface area contributed by atoms with Gasteiger partial charge >= 0.3 is 0 Å². The van der Waals surface area contributed by atoms with Crippen LogP contribution in [0.25, 0.3) is 10.2 Å². The van der Waals surface area contributed by atoms with E-state index in [0.29, 0.717) is 47.0 Å². The van der Waals surface area contributed by atoms with E-state index in [1.807, 2.05) is 33.0 Å². The lowest BCUT2D eigenvalue weighted by Crippen LogP contribution is -2.16. The van der Waals surface area contributed by atoms with Gasteiger partial charge in [-0.25, -0.2) is 9.97 Å². The topological polar surface area (TPSA) is 76.6 Å². The molecule has 0 fully saturated rings. The second-order valence-electron chi connectivity index (χ2n) is 8.95. The highest BCUT2D eigenvalue weighted by molar-refractivity contribution is 7.20. The molecule has 3 heterocycles. The SMILES string of the molecule is Cc1nc(N(C)c2ccc(C(C)C)cc2)c2c(C)c(C(=O)Nc3ccc4c(c3)OCCO4)sc2n1. The first-order valence-electron chi connectivity index (χ1n) is 11.6. The highest BCUT2D eigenvalue weighted by Gasteiger charge is 2.23. The summed E-state index contributed by atoms with van der Waals surface area (Å²) in [6.07, 6.45) is 0. The molecule has 0 saturated carbocycles. The van der Waals surface area contributed by atoms with Crippen LogP contribution in [0, 0.1) is 13.8 Å². The first kappa shape index (κ1) is 23.1. The predicted octanol–water partition coefficient (Wildman–Crippen LogP) is 6.22. The van der Waals surface area contributed by atoms with Gasteiger partial charge in [0, 0.05) is 24.5 Å². The van der Waals surface area contributed by atoms with Crippen molar-refractivity contribution in [3.63, 3.8) is 0 Å². The van der Waals surface area contributed by atoms with Gasteiger partial charge in [0.15, 0.2) is 11.5 Å². The first-order chi connectivity index (χ1) is 16.8. The average molecular weight is 489 g/mol. The van der Waals surface area contributed by atoms with E-state index < -0.39 is 0 Å². The Morgan fingerprint density at radius 2 is 1.74 bits per heavy atom. The molecular formula is C27H28N4O3S. The molecule has 1 N–H and O–H groups in total. The molecular weight excluding hydrogens is 460 g/mol. The van der Waals surface area contributed by atoms with Crippen molar-refractivity contribution in [3.8, 4) is 11.5 Å². The molecule has 0 unspecified atom stereocenters. The summed E-state index contributed by atoms with van der Waals surface area (Å²) in [5.41, 5.74) is 3.83. The van der Waals surface area contributed by atoms with Crippen LogP contribution in [0.5, 0.6) is 11.5 Å². The number of fused-ring (bicyclic) bond motifs is 2. The summed E-state index contributed by atoms with van der Waals surface area (Å²) in [6, 6.07) is 13.9. The van der Waals surface area contributed by atoms with Gasteiger partial charge in [-0.3, -0.25) is 4.79 Å². The lowest BCUT2D eigenvalue weighted by Gasteiger charge is -2.21. The molecule has 0 atom stereocenters. The smallest absolute Gasteiger partial charge is 0.266 e. The summed E-state index contributed by atoms with van der Waals surface area (Å²) >= 11 is 1.38.